The molecule has 0 unspecified atom stereocenters. The van der Waals surface area contributed by atoms with Crippen molar-refractivity contribution < 1.29 is 9.59 Å². The number of amides is 1. The zero-order valence-corrected chi connectivity index (χ0v) is 9.18. The van der Waals surface area contributed by atoms with Crippen LogP contribution in [0.2, 0.25) is 0 Å². The van der Waals surface area contributed by atoms with E-state index >= 15 is 0 Å². The molecule has 0 aromatic heterocycles. The van der Waals surface area contributed by atoms with Gasteiger partial charge in [-0.3, -0.25) is 9.59 Å². The fourth-order valence-electron chi connectivity index (χ4n) is 1.79. The number of hydrazone groups is 1. The first kappa shape index (κ1) is 10.5. The highest BCUT2D eigenvalue weighted by Crippen LogP contribution is 2.23. The van der Waals surface area contributed by atoms with Gasteiger partial charge in [-0.1, -0.05) is 18.2 Å². The summed E-state index contributed by atoms with van der Waals surface area (Å²) < 4.78 is 0. The summed E-state index contributed by atoms with van der Waals surface area (Å²) in [6.45, 7) is 3.11. The number of Topliss-reactive ketones (excluding diaryl/α,β-unsaturated/α-hetero) is 1. The Kier molecular flexibility index (Phi) is 2.56. The third-order valence-corrected chi connectivity index (χ3v) is 2.54. The first-order chi connectivity index (χ1) is 7.61. The van der Waals surface area contributed by atoms with Gasteiger partial charge < -0.3 is 0 Å². The molecule has 0 N–H and O–H groups in total. The molecule has 0 bridgehead atoms. The lowest BCUT2D eigenvalue weighted by atomic mass is 10.0. The van der Waals surface area contributed by atoms with Crippen molar-refractivity contribution in [2.45, 2.75) is 13.8 Å². The number of hydrogen-bond donors (Lipinski definition) is 0. The van der Waals surface area contributed by atoms with E-state index in [2.05, 4.69) is 5.10 Å². The lowest BCUT2D eigenvalue weighted by Gasteiger charge is -2.12. The molecule has 82 valence electrons. The van der Waals surface area contributed by atoms with Crippen molar-refractivity contribution in [1.29, 1.82) is 0 Å². The van der Waals surface area contributed by atoms with E-state index in [-0.39, 0.29) is 11.7 Å². The molecule has 1 aromatic rings. The highest BCUT2D eigenvalue weighted by Gasteiger charge is 2.37. The predicted molar refractivity (Wildman–Crippen MR) is 61.2 cm³/mol. The number of carbonyl (C=O) groups excluding carboxylic acids is 2. The molecule has 0 saturated heterocycles. The van der Waals surface area contributed by atoms with Crippen LogP contribution in [0.3, 0.4) is 0 Å². The Morgan fingerprint density at radius 3 is 2.44 bits per heavy atom. The van der Waals surface area contributed by atoms with Crippen LogP contribution in [-0.2, 0) is 9.59 Å². The highest BCUT2D eigenvalue weighted by atomic mass is 16.2. The van der Waals surface area contributed by atoms with Crippen molar-refractivity contribution >= 4 is 23.1 Å². The minimum Gasteiger partial charge on any atom is -0.299 e. The van der Waals surface area contributed by atoms with Crippen LogP contribution in [0.4, 0.5) is 5.69 Å². The summed E-state index contributed by atoms with van der Waals surface area (Å²) in [5.41, 5.74) is 1.25. The molecule has 16 heavy (non-hydrogen) atoms. The molecule has 0 radical (unpaired) electrons. The Hall–Kier alpha value is -1.97. The molecule has 1 amide bonds. The molecule has 4 nitrogen and oxygen atoms in total. The van der Waals surface area contributed by atoms with Crippen LogP contribution in [0.15, 0.2) is 35.4 Å². The van der Waals surface area contributed by atoms with Gasteiger partial charge in [0.2, 0.25) is 0 Å². The minimum absolute atomic E-state index is 0.162. The van der Waals surface area contributed by atoms with Gasteiger partial charge in [0.05, 0.1) is 11.4 Å². The zero-order valence-electron chi connectivity index (χ0n) is 9.18. The van der Waals surface area contributed by atoms with E-state index < -0.39 is 5.92 Å². The maximum Gasteiger partial charge on any atom is 0.263 e. The fourth-order valence-corrected chi connectivity index (χ4v) is 1.79. The third kappa shape index (κ3) is 1.62. The highest BCUT2D eigenvalue weighted by molar-refractivity contribution is 6.26. The van der Waals surface area contributed by atoms with Crippen molar-refractivity contribution in [3.05, 3.63) is 30.3 Å². The van der Waals surface area contributed by atoms with E-state index in [9.17, 15) is 9.59 Å². The van der Waals surface area contributed by atoms with Gasteiger partial charge in [0.25, 0.3) is 5.91 Å². The third-order valence-electron chi connectivity index (χ3n) is 2.54. The number of hydrogen-bond acceptors (Lipinski definition) is 3. The molecular formula is C12H12N2O2. The summed E-state index contributed by atoms with van der Waals surface area (Å²) in [4.78, 5) is 23.3. The molecule has 1 heterocycles. The van der Waals surface area contributed by atoms with Gasteiger partial charge in [-0.2, -0.15) is 10.1 Å². The second-order valence-electron chi connectivity index (χ2n) is 3.77. The summed E-state index contributed by atoms with van der Waals surface area (Å²) in [6, 6.07) is 9.10. The Morgan fingerprint density at radius 2 is 1.94 bits per heavy atom. The van der Waals surface area contributed by atoms with Crippen LogP contribution >= 0.6 is 0 Å². The summed E-state index contributed by atoms with van der Waals surface area (Å²) in [7, 11) is 0. The normalized spacial score (nSPS) is 19.9. The van der Waals surface area contributed by atoms with Crippen molar-refractivity contribution in [2.24, 2.45) is 11.0 Å². The number of ketones is 1. The zero-order chi connectivity index (χ0) is 11.7. The number of para-hydroxylation sites is 1. The topological polar surface area (TPSA) is 49.7 Å². The summed E-state index contributed by atoms with van der Waals surface area (Å²) >= 11 is 0. The maximum atomic E-state index is 11.9. The number of rotatable bonds is 2. The van der Waals surface area contributed by atoms with Gasteiger partial charge in [0, 0.05) is 0 Å². The van der Waals surface area contributed by atoms with Crippen LogP contribution in [0, 0.1) is 5.92 Å². The van der Waals surface area contributed by atoms with Crippen molar-refractivity contribution in [1.82, 2.24) is 0 Å². The van der Waals surface area contributed by atoms with E-state index in [4.69, 9.17) is 0 Å². The molecule has 2 rings (SSSR count). The van der Waals surface area contributed by atoms with Crippen LogP contribution < -0.4 is 5.01 Å². The van der Waals surface area contributed by atoms with Crippen molar-refractivity contribution in [3.63, 3.8) is 0 Å². The number of benzene rings is 1. The van der Waals surface area contributed by atoms with Crippen LogP contribution in [-0.4, -0.2) is 17.4 Å². The molecule has 1 aromatic carbocycles. The largest absolute Gasteiger partial charge is 0.299 e. The number of carbonyl (C=O) groups is 2. The van der Waals surface area contributed by atoms with E-state index in [0.29, 0.717) is 11.4 Å². The van der Waals surface area contributed by atoms with Gasteiger partial charge in [0.15, 0.2) is 0 Å². The van der Waals surface area contributed by atoms with Gasteiger partial charge in [-0.15, -0.1) is 0 Å². The van der Waals surface area contributed by atoms with E-state index in [0.717, 1.165) is 0 Å². The average molecular weight is 216 g/mol. The Labute approximate surface area is 93.6 Å². The molecule has 0 spiro atoms. The molecular weight excluding hydrogens is 204 g/mol. The summed E-state index contributed by atoms with van der Waals surface area (Å²) in [5, 5.41) is 5.42. The smallest absolute Gasteiger partial charge is 0.263 e. The first-order valence-corrected chi connectivity index (χ1v) is 5.06. The maximum absolute atomic E-state index is 11.9. The molecule has 0 aliphatic carbocycles. The quantitative estimate of drug-likeness (QED) is 0.705. The van der Waals surface area contributed by atoms with Gasteiger partial charge >= 0.3 is 0 Å². The molecule has 1 aliphatic rings. The van der Waals surface area contributed by atoms with Gasteiger partial charge in [-0.25, -0.2) is 0 Å². The molecule has 1 aliphatic heterocycles. The minimum atomic E-state index is -0.708. The number of anilines is 1. The number of nitrogens with zero attached hydrogens (tertiary/aromatic N) is 2. The van der Waals surface area contributed by atoms with Gasteiger partial charge in [-0.05, 0) is 26.0 Å². The lowest BCUT2D eigenvalue weighted by molar-refractivity contribution is -0.127. The molecule has 4 heteroatoms. The molecule has 0 saturated carbocycles. The fraction of sp³-hybridized carbons (Fsp3) is 0.250. The predicted octanol–water partition coefficient (Wildman–Crippen LogP) is 1.61. The van der Waals surface area contributed by atoms with E-state index in [1.807, 2.05) is 18.2 Å². The van der Waals surface area contributed by atoms with Gasteiger partial charge in [0.1, 0.15) is 11.7 Å². The lowest BCUT2D eigenvalue weighted by Crippen LogP contribution is -2.31. The first-order valence-electron chi connectivity index (χ1n) is 5.06. The standard InChI is InChI=1S/C12H12N2O2/c1-8-11(9(2)15)12(16)14(13-8)10-6-4-3-5-7-10/h3-7,11H,1-2H3/t11-/m1/s1. The molecule has 1 atom stereocenters. The Bertz CT molecular complexity index is 465. The second kappa shape index (κ2) is 3.89. The van der Waals surface area contributed by atoms with E-state index in [1.165, 1.54) is 11.9 Å². The average Bonchev–Trinajstić information content (AvgIpc) is 2.55. The summed E-state index contributed by atoms with van der Waals surface area (Å²) in [6.07, 6.45) is 0. The van der Waals surface area contributed by atoms with Crippen molar-refractivity contribution in [3.8, 4) is 0 Å². The van der Waals surface area contributed by atoms with Crippen LogP contribution in [0.5, 0.6) is 0 Å². The second-order valence-corrected chi connectivity index (χ2v) is 3.77. The van der Waals surface area contributed by atoms with Crippen LogP contribution in [0.1, 0.15) is 13.8 Å². The molecule has 0 fully saturated rings. The Balaban J connectivity index is 2.35. The summed E-state index contributed by atoms with van der Waals surface area (Å²) in [5.74, 6) is -1.14. The van der Waals surface area contributed by atoms with E-state index in [1.54, 1.807) is 19.1 Å². The SMILES string of the molecule is CC(=O)[C@@H]1C(=O)N(c2ccccc2)N=C1C. The Morgan fingerprint density at radius 1 is 1.31 bits per heavy atom. The monoisotopic (exact) mass is 216 g/mol. The van der Waals surface area contributed by atoms with Crippen LogP contribution in [0.25, 0.3) is 0 Å². The van der Waals surface area contributed by atoms with Crippen molar-refractivity contribution in [2.75, 3.05) is 5.01 Å².